The van der Waals surface area contributed by atoms with Crippen LogP contribution in [0.25, 0.3) is 0 Å². The average molecular weight is 276 g/mol. The Morgan fingerprint density at radius 3 is 2.15 bits per heavy atom. The number of rotatable bonds is 2. The van der Waals surface area contributed by atoms with E-state index in [1.54, 1.807) is 38.1 Å². The lowest BCUT2D eigenvalue weighted by Crippen LogP contribution is -2.60. The molecule has 6 heteroatoms. The molecule has 0 radical (unpaired) electrons. The van der Waals surface area contributed by atoms with Gasteiger partial charge in [-0.3, -0.25) is 14.6 Å². The fraction of sp³-hybridized carbons (Fsp3) is 0.429. The van der Waals surface area contributed by atoms with E-state index in [-0.39, 0.29) is 24.2 Å². The van der Waals surface area contributed by atoms with Gasteiger partial charge in [0.1, 0.15) is 0 Å². The summed E-state index contributed by atoms with van der Waals surface area (Å²) in [6.07, 6.45) is 0. The number of urea groups is 1. The first-order valence-electron chi connectivity index (χ1n) is 6.62. The summed E-state index contributed by atoms with van der Waals surface area (Å²) in [6.45, 7) is 3.68. The maximum Gasteiger partial charge on any atom is 0.325 e. The number of amides is 2. The van der Waals surface area contributed by atoms with Crippen LogP contribution >= 0.6 is 0 Å². The molecular formula is C14H16N2O4. The summed E-state index contributed by atoms with van der Waals surface area (Å²) < 4.78 is 0. The topological polar surface area (TPSA) is 81.1 Å². The average Bonchev–Trinajstić information content (AvgIpc) is 2.73. The molecule has 2 amide bonds. The van der Waals surface area contributed by atoms with Gasteiger partial charge in [-0.15, -0.1) is 0 Å². The fourth-order valence-corrected chi connectivity index (χ4v) is 3.31. The Bertz CT molecular complexity index is 617. The number of benzene rings is 1. The van der Waals surface area contributed by atoms with Crippen LogP contribution in [0.2, 0.25) is 0 Å². The zero-order chi connectivity index (χ0) is 14.7. The van der Waals surface area contributed by atoms with E-state index < -0.39 is 23.3 Å². The summed E-state index contributed by atoms with van der Waals surface area (Å²) >= 11 is 0. The molecule has 0 spiro atoms. The van der Waals surface area contributed by atoms with Crippen LogP contribution in [-0.2, 0) is 5.72 Å². The van der Waals surface area contributed by atoms with Gasteiger partial charge < -0.3 is 10.2 Å². The van der Waals surface area contributed by atoms with E-state index in [1.165, 1.54) is 0 Å². The van der Waals surface area contributed by atoms with Crippen LogP contribution in [0.3, 0.4) is 0 Å². The largest absolute Gasteiger partial charge is 0.362 e. The zero-order valence-corrected chi connectivity index (χ0v) is 11.3. The molecule has 1 aliphatic heterocycles. The van der Waals surface area contributed by atoms with Crippen molar-refractivity contribution in [2.24, 2.45) is 0 Å². The maximum atomic E-state index is 12.6. The van der Waals surface area contributed by atoms with E-state index in [9.17, 15) is 19.8 Å². The SMILES string of the molecule is CCN1C(=O)N(CC)C2(O)c3ccccc3C(=O)C12O. The first-order valence-corrected chi connectivity index (χ1v) is 6.62. The number of hydrogen-bond donors (Lipinski definition) is 2. The summed E-state index contributed by atoms with van der Waals surface area (Å²) in [5, 5.41) is 21.9. The molecule has 2 atom stereocenters. The molecule has 2 unspecified atom stereocenters. The highest BCUT2D eigenvalue weighted by Crippen LogP contribution is 2.52. The van der Waals surface area contributed by atoms with Gasteiger partial charge in [0, 0.05) is 24.2 Å². The van der Waals surface area contributed by atoms with Crippen molar-refractivity contribution in [3.63, 3.8) is 0 Å². The molecule has 1 aliphatic carbocycles. The van der Waals surface area contributed by atoms with Crippen LogP contribution in [0.1, 0.15) is 29.8 Å². The first kappa shape index (κ1) is 13.1. The number of nitrogens with zero attached hydrogens (tertiary/aromatic N) is 2. The summed E-state index contributed by atoms with van der Waals surface area (Å²) in [5.74, 6) is -0.637. The molecule has 6 nitrogen and oxygen atoms in total. The Hall–Kier alpha value is -1.92. The molecular weight excluding hydrogens is 260 g/mol. The minimum Gasteiger partial charge on any atom is -0.362 e. The van der Waals surface area contributed by atoms with Crippen molar-refractivity contribution in [1.29, 1.82) is 0 Å². The lowest BCUT2D eigenvalue weighted by Gasteiger charge is -2.36. The van der Waals surface area contributed by atoms with E-state index in [0.29, 0.717) is 0 Å². The Labute approximate surface area is 116 Å². The van der Waals surface area contributed by atoms with E-state index >= 15 is 0 Å². The van der Waals surface area contributed by atoms with Gasteiger partial charge >= 0.3 is 6.03 Å². The number of carbonyl (C=O) groups is 2. The van der Waals surface area contributed by atoms with Crippen molar-refractivity contribution in [2.45, 2.75) is 25.3 Å². The van der Waals surface area contributed by atoms with Gasteiger partial charge in [-0.25, -0.2) is 4.79 Å². The predicted molar refractivity (Wildman–Crippen MR) is 69.8 cm³/mol. The molecule has 3 rings (SSSR count). The van der Waals surface area contributed by atoms with Gasteiger partial charge in [-0.2, -0.15) is 0 Å². The lowest BCUT2D eigenvalue weighted by atomic mass is 9.98. The summed E-state index contributed by atoms with van der Waals surface area (Å²) in [7, 11) is 0. The molecule has 0 saturated carbocycles. The molecule has 2 aliphatic rings. The normalized spacial score (nSPS) is 31.8. The highest BCUT2D eigenvalue weighted by Gasteiger charge is 2.75. The van der Waals surface area contributed by atoms with Gasteiger partial charge in [0.25, 0.3) is 5.72 Å². The third-order valence-electron chi connectivity index (χ3n) is 4.23. The van der Waals surface area contributed by atoms with Crippen LogP contribution in [0.5, 0.6) is 0 Å². The number of carbonyl (C=O) groups excluding carboxylic acids is 2. The van der Waals surface area contributed by atoms with Crippen LogP contribution in [-0.4, -0.2) is 50.6 Å². The minimum atomic E-state index is -2.25. The van der Waals surface area contributed by atoms with Crippen LogP contribution in [0.15, 0.2) is 24.3 Å². The second kappa shape index (κ2) is 3.80. The number of hydrogen-bond acceptors (Lipinski definition) is 4. The molecule has 1 saturated heterocycles. The number of ketones is 1. The Balaban J connectivity index is 2.34. The van der Waals surface area contributed by atoms with Gasteiger partial charge in [0.2, 0.25) is 11.5 Å². The van der Waals surface area contributed by atoms with E-state index in [0.717, 1.165) is 9.80 Å². The van der Waals surface area contributed by atoms with Crippen molar-refractivity contribution < 1.29 is 19.8 Å². The summed E-state index contributed by atoms with van der Waals surface area (Å²) in [6, 6.07) is 5.92. The Morgan fingerprint density at radius 1 is 1.00 bits per heavy atom. The molecule has 1 aromatic carbocycles. The minimum absolute atomic E-state index is 0.133. The van der Waals surface area contributed by atoms with Crippen LogP contribution in [0.4, 0.5) is 4.79 Å². The number of Topliss-reactive ketones (excluding diaryl/α,β-unsaturated/α-hetero) is 1. The van der Waals surface area contributed by atoms with E-state index in [2.05, 4.69) is 0 Å². The monoisotopic (exact) mass is 276 g/mol. The number of aliphatic hydroxyl groups is 2. The molecule has 20 heavy (non-hydrogen) atoms. The lowest BCUT2D eigenvalue weighted by molar-refractivity contribution is -0.199. The highest BCUT2D eigenvalue weighted by atomic mass is 16.4. The summed E-state index contributed by atoms with van der Waals surface area (Å²) in [5.41, 5.74) is -3.75. The van der Waals surface area contributed by atoms with E-state index in [4.69, 9.17) is 0 Å². The third-order valence-corrected chi connectivity index (χ3v) is 4.23. The first-order chi connectivity index (χ1) is 9.44. The number of fused-ring (bicyclic) bond motifs is 3. The molecule has 0 aromatic heterocycles. The zero-order valence-electron chi connectivity index (χ0n) is 11.3. The molecule has 106 valence electrons. The maximum absolute atomic E-state index is 12.6. The van der Waals surface area contributed by atoms with Gasteiger partial charge in [-0.1, -0.05) is 24.3 Å². The third kappa shape index (κ3) is 1.08. The van der Waals surface area contributed by atoms with Gasteiger partial charge in [0.05, 0.1) is 0 Å². The smallest absolute Gasteiger partial charge is 0.325 e. The van der Waals surface area contributed by atoms with Crippen molar-refractivity contribution in [3.05, 3.63) is 35.4 Å². The van der Waals surface area contributed by atoms with E-state index in [1.807, 2.05) is 0 Å². The van der Waals surface area contributed by atoms with Gasteiger partial charge in [-0.05, 0) is 13.8 Å². The van der Waals surface area contributed by atoms with Crippen LogP contribution < -0.4 is 0 Å². The predicted octanol–water partition coefficient (Wildman–Crippen LogP) is 0.494. The second-order valence-corrected chi connectivity index (χ2v) is 4.99. The van der Waals surface area contributed by atoms with Crippen molar-refractivity contribution in [1.82, 2.24) is 9.80 Å². The van der Waals surface area contributed by atoms with Crippen LogP contribution in [0, 0.1) is 0 Å². The fourth-order valence-electron chi connectivity index (χ4n) is 3.31. The number of likely N-dealkylation sites (N-methyl/N-ethyl adjacent to an activating group) is 2. The van der Waals surface area contributed by atoms with Crippen molar-refractivity contribution in [3.8, 4) is 0 Å². The molecule has 1 aromatic rings. The molecule has 2 N–H and O–H groups in total. The standard InChI is InChI=1S/C14H16N2O4/c1-3-15-12(18)16(4-2)14(20)11(17)9-7-5-6-8-10(9)13(14,15)19/h5-8,19-20H,3-4H2,1-2H3. The van der Waals surface area contributed by atoms with Crippen molar-refractivity contribution in [2.75, 3.05) is 13.1 Å². The molecule has 0 bridgehead atoms. The van der Waals surface area contributed by atoms with Crippen molar-refractivity contribution >= 4 is 11.8 Å². The Morgan fingerprint density at radius 2 is 1.55 bits per heavy atom. The Kier molecular flexibility index (Phi) is 2.49. The second-order valence-electron chi connectivity index (χ2n) is 4.99. The quantitative estimate of drug-likeness (QED) is 0.824. The van der Waals surface area contributed by atoms with Gasteiger partial charge in [0.15, 0.2) is 0 Å². The molecule has 1 fully saturated rings. The summed E-state index contributed by atoms with van der Waals surface area (Å²) in [4.78, 5) is 27.0. The highest BCUT2D eigenvalue weighted by molar-refractivity contribution is 6.11. The molecule has 1 heterocycles.